The Hall–Kier alpha value is -3.41. The predicted molar refractivity (Wildman–Crippen MR) is 118 cm³/mol. The van der Waals surface area contributed by atoms with Crippen molar-refractivity contribution in [1.29, 1.82) is 0 Å². The first-order valence-corrected chi connectivity index (χ1v) is 10.4. The smallest absolute Gasteiger partial charge is 0.262 e. The largest absolute Gasteiger partial charge is 0.356 e. The molecule has 2 N–H and O–H groups in total. The molecule has 30 heavy (non-hydrogen) atoms. The van der Waals surface area contributed by atoms with Crippen LogP contribution in [0.4, 0.5) is 0 Å². The van der Waals surface area contributed by atoms with Gasteiger partial charge in [0.05, 0.1) is 10.9 Å². The van der Waals surface area contributed by atoms with Gasteiger partial charge in [0.2, 0.25) is 5.91 Å². The van der Waals surface area contributed by atoms with E-state index in [-0.39, 0.29) is 17.4 Å². The second kappa shape index (κ2) is 7.44. The Morgan fingerprint density at radius 2 is 1.93 bits per heavy atom. The maximum Gasteiger partial charge on any atom is 0.262 e. The molecule has 5 rings (SSSR count). The number of aryl methyl sites for hydroxylation is 2. The summed E-state index contributed by atoms with van der Waals surface area (Å²) in [6.45, 7) is 2.97. The molecular formula is C24H24N4O2. The Labute approximate surface area is 173 Å². The van der Waals surface area contributed by atoms with Gasteiger partial charge in [-0.15, -0.1) is 0 Å². The van der Waals surface area contributed by atoms with Gasteiger partial charge in [0.1, 0.15) is 5.52 Å². The lowest BCUT2D eigenvalue weighted by molar-refractivity contribution is -0.122. The second-order valence-corrected chi connectivity index (χ2v) is 8.05. The van der Waals surface area contributed by atoms with Gasteiger partial charge < -0.3 is 9.88 Å². The van der Waals surface area contributed by atoms with E-state index in [1.807, 2.05) is 49.4 Å². The summed E-state index contributed by atoms with van der Waals surface area (Å²) in [6.07, 6.45) is 1.61. The number of para-hydroxylation sites is 1. The Bertz CT molecular complexity index is 1290. The van der Waals surface area contributed by atoms with Crippen LogP contribution in [-0.2, 0) is 11.3 Å². The van der Waals surface area contributed by atoms with Gasteiger partial charge in [0.15, 0.2) is 0 Å². The van der Waals surface area contributed by atoms with Gasteiger partial charge in [-0.1, -0.05) is 48.5 Å². The molecule has 6 nitrogen and oxygen atoms in total. The van der Waals surface area contributed by atoms with E-state index in [0.717, 1.165) is 28.5 Å². The minimum atomic E-state index is -0.0346. The van der Waals surface area contributed by atoms with Crippen molar-refractivity contribution >= 4 is 27.7 Å². The van der Waals surface area contributed by atoms with E-state index in [1.54, 1.807) is 4.57 Å². The van der Waals surface area contributed by atoms with Crippen molar-refractivity contribution in [3.05, 3.63) is 76.2 Å². The molecule has 2 heterocycles. The number of aromatic amines is 1. The molecule has 2 aromatic heterocycles. The number of pyridine rings is 1. The summed E-state index contributed by atoms with van der Waals surface area (Å²) in [6, 6.07) is 18.0. The fourth-order valence-electron chi connectivity index (χ4n) is 4.39. The SMILES string of the molecule is Cc1[nH]nc2c1c(=O)n(CCCNC(=O)C1CC1c1ccccc1)c1ccccc21. The summed E-state index contributed by atoms with van der Waals surface area (Å²) >= 11 is 0. The number of nitrogens with zero attached hydrogens (tertiary/aromatic N) is 2. The highest BCUT2D eigenvalue weighted by Crippen LogP contribution is 2.47. The van der Waals surface area contributed by atoms with Gasteiger partial charge in [0, 0.05) is 30.1 Å². The summed E-state index contributed by atoms with van der Waals surface area (Å²) in [7, 11) is 0. The number of hydrogen-bond acceptors (Lipinski definition) is 3. The number of aromatic nitrogens is 3. The lowest BCUT2D eigenvalue weighted by Crippen LogP contribution is -2.28. The zero-order chi connectivity index (χ0) is 20.7. The van der Waals surface area contributed by atoms with Crippen molar-refractivity contribution < 1.29 is 4.79 Å². The van der Waals surface area contributed by atoms with Crippen LogP contribution in [0, 0.1) is 12.8 Å². The van der Waals surface area contributed by atoms with Crippen LogP contribution in [0.3, 0.4) is 0 Å². The van der Waals surface area contributed by atoms with Gasteiger partial charge in [-0.05, 0) is 37.3 Å². The predicted octanol–water partition coefficient (Wildman–Crippen LogP) is 3.50. The molecule has 1 aliphatic carbocycles. The number of carbonyl (C=O) groups excluding carboxylic acids is 1. The maximum atomic E-state index is 13.1. The normalized spacial score (nSPS) is 18.0. The number of rotatable bonds is 6. The molecule has 0 spiro atoms. The Morgan fingerprint density at radius 3 is 2.77 bits per heavy atom. The van der Waals surface area contributed by atoms with Crippen LogP contribution in [0.15, 0.2) is 59.4 Å². The quantitative estimate of drug-likeness (QED) is 0.486. The molecule has 0 bridgehead atoms. The molecule has 1 aliphatic rings. The minimum absolute atomic E-state index is 0.0346. The van der Waals surface area contributed by atoms with E-state index in [9.17, 15) is 9.59 Å². The van der Waals surface area contributed by atoms with Crippen LogP contribution in [0.2, 0.25) is 0 Å². The van der Waals surface area contributed by atoms with Crippen LogP contribution in [0.25, 0.3) is 21.8 Å². The third-order valence-electron chi connectivity index (χ3n) is 6.07. The number of benzene rings is 2. The van der Waals surface area contributed by atoms with Crippen molar-refractivity contribution in [3.63, 3.8) is 0 Å². The second-order valence-electron chi connectivity index (χ2n) is 8.05. The average Bonchev–Trinajstić information content (AvgIpc) is 3.49. The highest BCUT2D eigenvalue weighted by Gasteiger charge is 2.43. The summed E-state index contributed by atoms with van der Waals surface area (Å²) in [4.78, 5) is 25.6. The van der Waals surface area contributed by atoms with Gasteiger partial charge >= 0.3 is 0 Å². The molecule has 6 heteroatoms. The molecule has 0 saturated heterocycles. The van der Waals surface area contributed by atoms with E-state index in [4.69, 9.17) is 0 Å². The van der Waals surface area contributed by atoms with E-state index in [0.29, 0.717) is 30.8 Å². The molecule has 1 amide bonds. The Balaban J connectivity index is 1.27. The van der Waals surface area contributed by atoms with Gasteiger partial charge in [0.25, 0.3) is 5.56 Å². The summed E-state index contributed by atoms with van der Waals surface area (Å²) in [5, 5.41) is 11.9. The lowest BCUT2D eigenvalue weighted by Gasteiger charge is -2.12. The number of hydrogen-bond donors (Lipinski definition) is 2. The van der Waals surface area contributed by atoms with E-state index < -0.39 is 0 Å². The zero-order valence-electron chi connectivity index (χ0n) is 16.9. The Kier molecular flexibility index (Phi) is 4.62. The summed E-state index contributed by atoms with van der Waals surface area (Å²) in [5.74, 6) is 0.521. The number of fused-ring (bicyclic) bond motifs is 3. The van der Waals surface area contributed by atoms with Crippen LogP contribution < -0.4 is 10.9 Å². The molecule has 1 fully saturated rings. The van der Waals surface area contributed by atoms with Crippen molar-refractivity contribution in [1.82, 2.24) is 20.1 Å². The third kappa shape index (κ3) is 3.18. The van der Waals surface area contributed by atoms with Crippen molar-refractivity contribution in [2.75, 3.05) is 6.54 Å². The van der Waals surface area contributed by atoms with Crippen LogP contribution in [-0.4, -0.2) is 27.2 Å². The van der Waals surface area contributed by atoms with Crippen molar-refractivity contribution in [3.8, 4) is 0 Å². The van der Waals surface area contributed by atoms with Crippen LogP contribution in [0.5, 0.6) is 0 Å². The van der Waals surface area contributed by atoms with E-state index in [1.165, 1.54) is 5.56 Å². The third-order valence-corrected chi connectivity index (χ3v) is 6.07. The van der Waals surface area contributed by atoms with Crippen LogP contribution in [0.1, 0.15) is 30.0 Å². The molecule has 0 radical (unpaired) electrons. The first-order chi connectivity index (χ1) is 14.6. The number of H-pyrrole nitrogens is 1. The fourth-order valence-corrected chi connectivity index (χ4v) is 4.39. The molecular weight excluding hydrogens is 376 g/mol. The molecule has 152 valence electrons. The van der Waals surface area contributed by atoms with Gasteiger partial charge in [-0.25, -0.2) is 0 Å². The molecule has 2 atom stereocenters. The van der Waals surface area contributed by atoms with Crippen molar-refractivity contribution in [2.24, 2.45) is 5.92 Å². The van der Waals surface area contributed by atoms with Gasteiger partial charge in [-0.2, -0.15) is 5.10 Å². The van der Waals surface area contributed by atoms with Gasteiger partial charge in [-0.3, -0.25) is 14.7 Å². The summed E-state index contributed by atoms with van der Waals surface area (Å²) in [5.41, 5.74) is 3.58. The highest BCUT2D eigenvalue weighted by molar-refractivity contribution is 6.03. The van der Waals surface area contributed by atoms with E-state index in [2.05, 4.69) is 27.6 Å². The standard InChI is InChI=1S/C24H24N4O2/c1-15-21-22(27-26-15)17-10-5-6-11-20(17)28(24(21)30)13-7-12-25-23(29)19-14-18(19)16-8-3-2-4-9-16/h2-6,8-11,18-19H,7,12-14H2,1H3,(H,25,29)(H,26,27). The topological polar surface area (TPSA) is 79.8 Å². The van der Waals surface area contributed by atoms with Crippen molar-refractivity contribution in [2.45, 2.75) is 32.2 Å². The first-order valence-electron chi connectivity index (χ1n) is 10.4. The summed E-state index contributed by atoms with van der Waals surface area (Å²) < 4.78 is 1.80. The lowest BCUT2D eigenvalue weighted by atomic mass is 10.1. The number of carbonyl (C=O) groups is 1. The molecule has 0 aliphatic heterocycles. The monoisotopic (exact) mass is 400 g/mol. The molecule has 2 unspecified atom stereocenters. The number of amides is 1. The average molecular weight is 400 g/mol. The molecule has 2 aromatic carbocycles. The van der Waals surface area contributed by atoms with Crippen LogP contribution >= 0.6 is 0 Å². The first kappa shape index (κ1) is 18.6. The maximum absolute atomic E-state index is 13.1. The zero-order valence-corrected chi connectivity index (χ0v) is 16.9. The number of nitrogens with one attached hydrogen (secondary N) is 2. The molecule has 1 saturated carbocycles. The highest BCUT2D eigenvalue weighted by atomic mass is 16.2. The van der Waals surface area contributed by atoms with E-state index >= 15 is 0 Å². The fraction of sp³-hybridized carbons (Fsp3) is 0.292. The Morgan fingerprint density at radius 1 is 1.17 bits per heavy atom. The minimum Gasteiger partial charge on any atom is -0.356 e. The molecule has 4 aromatic rings.